The molecule has 0 aromatic heterocycles. The highest BCUT2D eigenvalue weighted by molar-refractivity contribution is 5.79. The third-order valence-electron chi connectivity index (χ3n) is 3.51. The molecular formula is C11H19F3N2O2. The fourth-order valence-electron chi connectivity index (χ4n) is 2.45. The summed E-state index contributed by atoms with van der Waals surface area (Å²) >= 11 is 0. The number of carbonyl (C=O) groups is 1. The SMILES string of the molecule is CCC(C(N)=O)N1CCC(C(O)C(F)(F)F)CC1. The molecule has 0 bridgehead atoms. The molecule has 1 amide bonds. The molecule has 18 heavy (non-hydrogen) atoms. The number of nitrogens with two attached hydrogens (primary N) is 1. The summed E-state index contributed by atoms with van der Waals surface area (Å²) < 4.78 is 37.0. The number of rotatable bonds is 4. The Labute approximate surface area is 104 Å². The van der Waals surface area contributed by atoms with Crippen molar-refractivity contribution in [2.24, 2.45) is 11.7 Å². The van der Waals surface area contributed by atoms with E-state index in [0.29, 0.717) is 19.5 Å². The van der Waals surface area contributed by atoms with Crippen LogP contribution in [0.4, 0.5) is 13.2 Å². The maximum absolute atomic E-state index is 12.3. The minimum atomic E-state index is -4.57. The number of aliphatic hydroxyl groups is 1. The molecule has 0 spiro atoms. The van der Waals surface area contributed by atoms with Gasteiger partial charge in [-0.15, -0.1) is 0 Å². The number of primary amides is 1. The van der Waals surface area contributed by atoms with E-state index in [-0.39, 0.29) is 12.8 Å². The number of likely N-dealkylation sites (tertiary alicyclic amines) is 1. The van der Waals surface area contributed by atoms with Crippen molar-refractivity contribution in [1.29, 1.82) is 0 Å². The number of hydrogen-bond donors (Lipinski definition) is 2. The predicted octanol–water partition coefficient (Wildman–Crippen LogP) is 0.885. The largest absolute Gasteiger partial charge is 0.414 e. The van der Waals surface area contributed by atoms with Crippen molar-refractivity contribution in [3.05, 3.63) is 0 Å². The summed E-state index contributed by atoms with van der Waals surface area (Å²) in [5.74, 6) is -1.24. The average molecular weight is 268 g/mol. The number of carbonyl (C=O) groups excluding carboxylic acids is 1. The van der Waals surface area contributed by atoms with Crippen LogP contribution >= 0.6 is 0 Å². The first-order chi connectivity index (χ1) is 8.27. The summed E-state index contributed by atoms with van der Waals surface area (Å²) in [5.41, 5.74) is 5.23. The first-order valence-corrected chi connectivity index (χ1v) is 6.05. The summed E-state index contributed by atoms with van der Waals surface area (Å²) in [6.45, 7) is 2.53. The van der Waals surface area contributed by atoms with Crippen LogP contribution in [-0.2, 0) is 4.79 Å². The Kier molecular flexibility index (Phi) is 4.98. The molecule has 0 aromatic rings. The third-order valence-corrected chi connectivity index (χ3v) is 3.51. The molecule has 106 valence electrons. The molecule has 4 nitrogen and oxygen atoms in total. The van der Waals surface area contributed by atoms with E-state index in [1.54, 1.807) is 4.90 Å². The van der Waals surface area contributed by atoms with Gasteiger partial charge in [0.15, 0.2) is 6.10 Å². The predicted molar refractivity (Wildman–Crippen MR) is 59.6 cm³/mol. The fourth-order valence-corrected chi connectivity index (χ4v) is 2.45. The van der Waals surface area contributed by atoms with E-state index in [2.05, 4.69) is 0 Å². The molecule has 2 unspecified atom stereocenters. The highest BCUT2D eigenvalue weighted by atomic mass is 19.4. The van der Waals surface area contributed by atoms with Crippen molar-refractivity contribution in [2.45, 2.75) is 44.5 Å². The van der Waals surface area contributed by atoms with Crippen LogP contribution in [0.3, 0.4) is 0 Å². The normalized spacial score (nSPS) is 22.7. The average Bonchev–Trinajstić information content (AvgIpc) is 2.28. The van der Waals surface area contributed by atoms with Gasteiger partial charge in [0.05, 0.1) is 6.04 Å². The monoisotopic (exact) mass is 268 g/mol. The Balaban J connectivity index is 2.53. The second-order valence-electron chi connectivity index (χ2n) is 4.69. The lowest BCUT2D eigenvalue weighted by Gasteiger charge is -2.37. The quantitative estimate of drug-likeness (QED) is 0.795. The van der Waals surface area contributed by atoms with Crippen LogP contribution in [0.5, 0.6) is 0 Å². The molecule has 3 N–H and O–H groups in total. The first kappa shape index (κ1) is 15.2. The molecule has 1 heterocycles. The van der Waals surface area contributed by atoms with Gasteiger partial charge < -0.3 is 10.8 Å². The van der Waals surface area contributed by atoms with Gasteiger partial charge in [0.2, 0.25) is 5.91 Å². The number of hydrogen-bond acceptors (Lipinski definition) is 3. The number of piperidine rings is 1. The highest BCUT2D eigenvalue weighted by Crippen LogP contribution is 2.32. The van der Waals surface area contributed by atoms with Crippen LogP contribution in [0, 0.1) is 5.92 Å². The summed E-state index contributed by atoms with van der Waals surface area (Å²) in [5, 5.41) is 9.17. The highest BCUT2D eigenvalue weighted by Gasteiger charge is 2.44. The summed E-state index contributed by atoms with van der Waals surface area (Å²) in [6.07, 6.45) is -5.84. The van der Waals surface area contributed by atoms with E-state index in [9.17, 15) is 18.0 Å². The van der Waals surface area contributed by atoms with Crippen LogP contribution in [0.2, 0.25) is 0 Å². The molecule has 0 radical (unpaired) electrons. The Bertz CT molecular complexity index is 289. The minimum absolute atomic E-state index is 0.227. The van der Waals surface area contributed by atoms with E-state index in [1.807, 2.05) is 6.92 Å². The van der Waals surface area contributed by atoms with E-state index < -0.39 is 30.1 Å². The minimum Gasteiger partial charge on any atom is -0.383 e. The third kappa shape index (κ3) is 3.58. The molecule has 2 atom stereocenters. The molecule has 0 saturated carbocycles. The van der Waals surface area contributed by atoms with Crippen molar-refractivity contribution in [3.63, 3.8) is 0 Å². The number of aliphatic hydroxyl groups excluding tert-OH is 1. The van der Waals surface area contributed by atoms with Gasteiger partial charge in [0.1, 0.15) is 0 Å². The van der Waals surface area contributed by atoms with Crippen molar-refractivity contribution in [2.75, 3.05) is 13.1 Å². The summed E-state index contributed by atoms with van der Waals surface area (Å²) in [6, 6.07) is -0.422. The first-order valence-electron chi connectivity index (χ1n) is 6.05. The smallest absolute Gasteiger partial charge is 0.383 e. The molecule has 1 aliphatic rings. The summed E-state index contributed by atoms with van der Waals surface area (Å²) in [7, 11) is 0. The molecule has 1 saturated heterocycles. The van der Waals surface area contributed by atoms with Gasteiger partial charge in [-0.1, -0.05) is 6.92 Å². The number of nitrogens with zero attached hydrogens (tertiary/aromatic N) is 1. The maximum atomic E-state index is 12.3. The fraction of sp³-hybridized carbons (Fsp3) is 0.909. The number of amides is 1. The Hall–Kier alpha value is -0.820. The lowest BCUT2D eigenvalue weighted by molar-refractivity contribution is -0.223. The molecule has 1 aliphatic heterocycles. The molecule has 1 rings (SSSR count). The zero-order valence-electron chi connectivity index (χ0n) is 10.3. The topological polar surface area (TPSA) is 66.6 Å². The second-order valence-corrected chi connectivity index (χ2v) is 4.69. The van der Waals surface area contributed by atoms with Gasteiger partial charge >= 0.3 is 6.18 Å². The lowest BCUT2D eigenvalue weighted by atomic mass is 9.90. The Morgan fingerprint density at radius 3 is 2.28 bits per heavy atom. The summed E-state index contributed by atoms with van der Waals surface area (Å²) in [4.78, 5) is 12.9. The molecule has 0 aliphatic carbocycles. The van der Waals surface area contributed by atoms with Crippen molar-refractivity contribution >= 4 is 5.91 Å². The number of alkyl halides is 3. The van der Waals surface area contributed by atoms with Crippen molar-refractivity contribution in [3.8, 4) is 0 Å². The van der Waals surface area contributed by atoms with Crippen LogP contribution in [0.25, 0.3) is 0 Å². The van der Waals surface area contributed by atoms with Crippen molar-refractivity contribution < 1.29 is 23.1 Å². The Morgan fingerprint density at radius 1 is 1.44 bits per heavy atom. The van der Waals surface area contributed by atoms with E-state index in [0.717, 1.165) is 0 Å². The van der Waals surface area contributed by atoms with Crippen LogP contribution in [0.15, 0.2) is 0 Å². The zero-order valence-corrected chi connectivity index (χ0v) is 10.3. The van der Waals surface area contributed by atoms with E-state index >= 15 is 0 Å². The zero-order chi connectivity index (χ0) is 13.9. The molecule has 1 fully saturated rings. The molecule has 0 aromatic carbocycles. The maximum Gasteiger partial charge on any atom is 0.414 e. The van der Waals surface area contributed by atoms with E-state index in [4.69, 9.17) is 10.8 Å². The standard InChI is InChI=1S/C11H19F3N2O2/c1-2-8(10(15)18)16-5-3-7(4-6-16)9(17)11(12,13)14/h7-9,17H,2-6H2,1H3,(H2,15,18). The van der Waals surface area contributed by atoms with Crippen LogP contribution < -0.4 is 5.73 Å². The van der Waals surface area contributed by atoms with Crippen molar-refractivity contribution in [1.82, 2.24) is 4.90 Å². The van der Waals surface area contributed by atoms with Gasteiger partial charge in [-0.3, -0.25) is 9.69 Å². The molecule has 7 heteroatoms. The van der Waals surface area contributed by atoms with Gasteiger partial charge in [-0.05, 0) is 38.3 Å². The van der Waals surface area contributed by atoms with Crippen LogP contribution in [-0.4, -0.2) is 47.3 Å². The van der Waals surface area contributed by atoms with Gasteiger partial charge in [-0.25, -0.2) is 0 Å². The van der Waals surface area contributed by atoms with E-state index in [1.165, 1.54) is 0 Å². The van der Waals surface area contributed by atoms with Gasteiger partial charge in [-0.2, -0.15) is 13.2 Å². The van der Waals surface area contributed by atoms with Gasteiger partial charge in [0, 0.05) is 0 Å². The second kappa shape index (κ2) is 5.88. The number of halogens is 3. The lowest BCUT2D eigenvalue weighted by Crippen LogP contribution is -2.50. The Morgan fingerprint density at radius 2 is 1.94 bits per heavy atom. The van der Waals surface area contributed by atoms with Gasteiger partial charge in [0.25, 0.3) is 0 Å². The molecular weight excluding hydrogens is 249 g/mol. The van der Waals surface area contributed by atoms with Crippen LogP contribution in [0.1, 0.15) is 26.2 Å².